The Kier molecular flexibility index (Phi) is 4.91. The van der Waals surface area contributed by atoms with Crippen LogP contribution < -0.4 is 10.1 Å². The molecule has 4 heteroatoms. The maximum atomic E-state index is 13.3. The summed E-state index contributed by atoms with van der Waals surface area (Å²) in [5.74, 6) is -0.858. The SMILES string of the molecule is COc1cccc([C@@H](C)NC(C)c2ccc(F)c(F)c2)c1. The molecular weight excluding hydrogens is 272 g/mol. The minimum atomic E-state index is -0.827. The molecule has 0 fully saturated rings. The van der Waals surface area contributed by atoms with E-state index in [1.807, 2.05) is 38.1 Å². The van der Waals surface area contributed by atoms with E-state index in [1.54, 1.807) is 13.2 Å². The van der Waals surface area contributed by atoms with Gasteiger partial charge in [0, 0.05) is 12.1 Å². The molecule has 2 aromatic carbocycles. The molecule has 0 bridgehead atoms. The number of hydrogen-bond donors (Lipinski definition) is 1. The van der Waals surface area contributed by atoms with E-state index >= 15 is 0 Å². The molecule has 0 radical (unpaired) electrons. The van der Waals surface area contributed by atoms with Gasteiger partial charge in [-0.1, -0.05) is 18.2 Å². The summed E-state index contributed by atoms with van der Waals surface area (Å²) in [5, 5.41) is 3.37. The van der Waals surface area contributed by atoms with Crippen molar-refractivity contribution in [2.24, 2.45) is 0 Å². The third-order valence-electron chi connectivity index (χ3n) is 3.54. The van der Waals surface area contributed by atoms with Crippen molar-refractivity contribution in [1.82, 2.24) is 5.32 Å². The molecule has 112 valence electrons. The molecule has 2 atom stereocenters. The van der Waals surface area contributed by atoms with Gasteiger partial charge < -0.3 is 10.1 Å². The maximum absolute atomic E-state index is 13.3. The van der Waals surface area contributed by atoms with Gasteiger partial charge in [0.25, 0.3) is 0 Å². The van der Waals surface area contributed by atoms with Crippen molar-refractivity contribution in [1.29, 1.82) is 0 Å². The highest BCUT2D eigenvalue weighted by atomic mass is 19.2. The summed E-state index contributed by atoms with van der Waals surface area (Å²) in [4.78, 5) is 0. The first-order valence-corrected chi connectivity index (χ1v) is 6.86. The van der Waals surface area contributed by atoms with Crippen LogP contribution in [0.1, 0.15) is 37.1 Å². The second-order valence-corrected chi connectivity index (χ2v) is 5.06. The number of halogens is 2. The number of ether oxygens (including phenoxy) is 1. The molecule has 0 aliphatic rings. The fourth-order valence-corrected chi connectivity index (χ4v) is 2.26. The zero-order valence-corrected chi connectivity index (χ0v) is 12.4. The van der Waals surface area contributed by atoms with E-state index in [0.717, 1.165) is 17.4 Å². The molecular formula is C17H19F2NO. The number of benzene rings is 2. The van der Waals surface area contributed by atoms with Gasteiger partial charge in [0.2, 0.25) is 0 Å². The Morgan fingerprint density at radius 1 is 0.905 bits per heavy atom. The van der Waals surface area contributed by atoms with Crippen molar-refractivity contribution in [3.8, 4) is 5.75 Å². The summed E-state index contributed by atoms with van der Waals surface area (Å²) >= 11 is 0. The van der Waals surface area contributed by atoms with Crippen molar-refractivity contribution >= 4 is 0 Å². The Hall–Kier alpha value is -1.94. The minimum absolute atomic E-state index is 0.0585. The topological polar surface area (TPSA) is 21.3 Å². The molecule has 0 aliphatic carbocycles. The molecule has 0 saturated heterocycles. The Morgan fingerprint density at radius 3 is 2.19 bits per heavy atom. The second kappa shape index (κ2) is 6.68. The molecule has 1 N–H and O–H groups in total. The predicted molar refractivity (Wildman–Crippen MR) is 79.3 cm³/mol. The summed E-state index contributed by atoms with van der Waals surface area (Å²) in [5.41, 5.74) is 1.78. The van der Waals surface area contributed by atoms with Gasteiger partial charge in [-0.25, -0.2) is 8.78 Å². The highest BCUT2D eigenvalue weighted by Crippen LogP contribution is 2.23. The van der Waals surface area contributed by atoms with Crippen LogP contribution in [0.15, 0.2) is 42.5 Å². The summed E-state index contributed by atoms with van der Waals surface area (Å²) < 4.78 is 31.4. The van der Waals surface area contributed by atoms with Crippen LogP contribution in [0.2, 0.25) is 0 Å². The Morgan fingerprint density at radius 2 is 1.57 bits per heavy atom. The smallest absolute Gasteiger partial charge is 0.159 e. The Bertz CT molecular complexity index is 615. The molecule has 0 saturated carbocycles. The quantitative estimate of drug-likeness (QED) is 0.882. The summed E-state index contributed by atoms with van der Waals surface area (Å²) in [6, 6.07) is 11.7. The third kappa shape index (κ3) is 3.79. The van der Waals surface area contributed by atoms with Crippen molar-refractivity contribution in [3.05, 3.63) is 65.2 Å². The van der Waals surface area contributed by atoms with E-state index in [1.165, 1.54) is 6.07 Å². The molecule has 2 aromatic rings. The van der Waals surface area contributed by atoms with E-state index in [4.69, 9.17) is 4.74 Å². The van der Waals surface area contributed by atoms with Crippen LogP contribution in [0.3, 0.4) is 0 Å². The van der Waals surface area contributed by atoms with Gasteiger partial charge in [-0.15, -0.1) is 0 Å². The molecule has 21 heavy (non-hydrogen) atoms. The lowest BCUT2D eigenvalue weighted by Crippen LogP contribution is -2.22. The van der Waals surface area contributed by atoms with E-state index in [-0.39, 0.29) is 12.1 Å². The largest absolute Gasteiger partial charge is 0.497 e. The first-order chi connectivity index (χ1) is 10.0. The summed E-state index contributed by atoms with van der Waals surface area (Å²) in [6.45, 7) is 3.94. The van der Waals surface area contributed by atoms with Gasteiger partial charge in [0.05, 0.1) is 7.11 Å². The van der Waals surface area contributed by atoms with Gasteiger partial charge in [-0.2, -0.15) is 0 Å². The average molecular weight is 291 g/mol. The van der Waals surface area contributed by atoms with Crippen molar-refractivity contribution in [3.63, 3.8) is 0 Å². The van der Waals surface area contributed by atoms with Crippen molar-refractivity contribution < 1.29 is 13.5 Å². The highest BCUT2D eigenvalue weighted by Gasteiger charge is 2.13. The lowest BCUT2D eigenvalue weighted by Gasteiger charge is -2.21. The van der Waals surface area contributed by atoms with Crippen molar-refractivity contribution in [2.45, 2.75) is 25.9 Å². The monoisotopic (exact) mass is 291 g/mol. The molecule has 0 spiro atoms. The van der Waals surface area contributed by atoms with E-state index in [0.29, 0.717) is 5.56 Å². The molecule has 0 heterocycles. The van der Waals surface area contributed by atoms with Crippen LogP contribution in [-0.2, 0) is 0 Å². The Labute approximate surface area is 123 Å². The average Bonchev–Trinajstić information content (AvgIpc) is 2.49. The van der Waals surface area contributed by atoms with Crippen LogP contribution in [0.5, 0.6) is 5.75 Å². The summed E-state index contributed by atoms with van der Waals surface area (Å²) in [7, 11) is 1.63. The number of rotatable bonds is 5. The van der Waals surface area contributed by atoms with Gasteiger partial charge in [-0.05, 0) is 49.2 Å². The standard InChI is InChI=1S/C17H19F2NO/c1-11(13-5-4-6-15(9-13)21-3)20-12(2)14-7-8-16(18)17(19)10-14/h4-12,20H,1-3H3/t11-,12?/m1/s1. The fraction of sp³-hybridized carbons (Fsp3) is 0.294. The van der Waals surface area contributed by atoms with Gasteiger partial charge in [0.15, 0.2) is 11.6 Å². The van der Waals surface area contributed by atoms with Crippen molar-refractivity contribution in [2.75, 3.05) is 7.11 Å². The highest BCUT2D eigenvalue weighted by molar-refractivity contribution is 5.30. The van der Waals surface area contributed by atoms with E-state index in [2.05, 4.69) is 5.32 Å². The van der Waals surface area contributed by atoms with Crippen LogP contribution in [0.4, 0.5) is 8.78 Å². The third-order valence-corrected chi connectivity index (χ3v) is 3.54. The van der Waals surface area contributed by atoms with Gasteiger partial charge in [0.1, 0.15) is 5.75 Å². The van der Waals surface area contributed by atoms with Crippen LogP contribution in [-0.4, -0.2) is 7.11 Å². The van der Waals surface area contributed by atoms with Gasteiger partial charge in [-0.3, -0.25) is 0 Å². The normalized spacial score (nSPS) is 13.8. The van der Waals surface area contributed by atoms with Gasteiger partial charge >= 0.3 is 0 Å². The molecule has 0 aliphatic heterocycles. The lowest BCUT2D eigenvalue weighted by molar-refractivity contribution is 0.412. The predicted octanol–water partition coefficient (Wildman–Crippen LogP) is 4.39. The second-order valence-electron chi connectivity index (χ2n) is 5.06. The number of nitrogens with one attached hydrogen (secondary N) is 1. The zero-order chi connectivity index (χ0) is 15.4. The van der Waals surface area contributed by atoms with E-state index < -0.39 is 11.6 Å². The molecule has 2 rings (SSSR count). The number of methoxy groups -OCH3 is 1. The fourth-order valence-electron chi connectivity index (χ4n) is 2.26. The lowest BCUT2D eigenvalue weighted by atomic mass is 10.0. The van der Waals surface area contributed by atoms with Crippen LogP contribution in [0.25, 0.3) is 0 Å². The first kappa shape index (κ1) is 15.4. The van der Waals surface area contributed by atoms with E-state index in [9.17, 15) is 8.78 Å². The van der Waals surface area contributed by atoms with Crippen LogP contribution in [0, 0.1) is 11.6 Å². The summed E-state index contributed by atoms with van der Waals surface area (Å²) in [6.07, 6.45) is 0. The van der Waals surface area contributed by atoms with Crippen LogP contribution >= 0.6 is 0 Å². The first-order valence-electron chi connectivity index (χ1n) is 6.86. The number of hydrogen-bond acceptors (Lipinski definition) is 2. The molecule has 2 nitrogen and oxygen atoms in total. The molecule has 0 amide bonds. The Balaban J connectivity index is 2.10. The maximum Gasteiger partial charge on any atom is 0.159 e. The molecule has 0 aromatic heterocycles. The molecule has 1 unspecified atom stereocenters. The zero-order valence-electron chi connectivity index (χ0n) is 12.4. The minimum Gasteiger partial charge on any atom is -0.497 e.